The SMILES string of the molecule is C1CCNCC1.COC(=O)C1=C(C)NC(S)=C(C#N)C1c1cccc(Cl)c1. The van der Waals surface area contributed by atoms with Gasteiger partial charge in [-0.2, -0.15) is 5.26 Å². The van der Waals surface area contributed by atoms with Crippen LogP contribution in [0.3, 0.4) is 0 Å². The molecule has 1 unspecified atom stereocenters. The van der Waals surface area contributed by atoms with Crippen molar-refractivity contribution in [1.82, 2.24) is 10.6 Å². The highest BCUT2D eigenvalue weighted by Gasteiger charge is 2.34. The molecule has 1 fully saturated rings. The minimum Gasteiger partial charge on any atom is -0.466 e. The summed E-state index contributed by atoms with van der Waals surface area (Å²) >= 11 is 10.3. The second-order valence-corrected chi connectivity index (χ2v) is 7.21. The maximum atomic E-state index is 12.1. The number of allylic oxidation sites excluding steroid dienone is 2. The Labute approximate surface area is 170 Å². The molecular weight excluding hydrogens is 382 g/mol. The molecule has 144 valence electrons. The van der Waals surface area contributed by atoms with E-state index >= 15 is 0 Å². The highest BCUT2D eigenvalue weighted by atomic mass is 35.5. The van der Waals surface area contributed by atoms with Gasteiger partial charge in [-0.1, -0.05) is 30.2 Å². The largest absolute Gasteiger partial charge is 0.466 e. The maximum Gasteiger partial charge on any atom is 0.336 e. The summed E-state index contributed by atoms with van der Waals surface area (Å²) in [6, 6.07) is 9.16. The topological polar surface area (TPSA) is 74.2 Å². The number of esters is 1. The molecule has 7 heteroatoms. The summed E-state index contributed by atoms with van der Waals surface area (Å²) < 4.78 is 4.84. The molecule has 0 spiro atoms. The quantitative estimate of drug-likeness (QED) is 0.514. The van der Waals surface area contributed by atoms with Crippen molar-refractivity contribution in [3.8, 4) is 6.07 Å². The fraction of sp³-hybridized carbons (Fsp3) is 0.400. The Kier molecular flexibility index (Phi) is 8.23. The van der Waals surface area contributed by atoms with Gasteiger partial charge in [0.25, 0.3) is 0 Å². The maximum absolute atomic E-state index is 12.1. The van der Waals surface area contributed by atoms with Gasteiger partial charge < -0.3 is 15.4 Å². The number of methoxy groups -OCH3 is 1. The minimum atomic E-state index is -0.546. The standard InChI is InChI=1S/C15H13ClN2O2S.C5H11N/c1-8-12(15(19)20-2)13(11(7-17)14(21)18-8)9-4-3-5-10(16)6-9;1-2-4-6-5-3-1/h3-6,13,18,21H,1-2H3;6H,1-5H2. The van der Waals surface area contributed by atoms with Crippen LogP contribution in [0.1, 0.15) is 37.7 Å². The van der Waals surface area contributed by atoms with Crippen molar-refractivity contribution >= 4 is 30.2 Å². The number of halogens is 1. The van der Waals surface area contributed by atoms with Gasteiger partial charge >= 0.3 is 5.97 Å². The first-order valence-corrected chi connectivity index (χ1v) is 9.67. The number of hydrogen-bond donors (Lipinski definition) is 3. The van der Waals surface area contributed by atoms with E-state index in [1.165, 1.54) is 39.5 Å². The third kappa shape index (κ3) is 5.52. The number of ether oxygens (including phenoxy) is 1. The second kappa shape index (κ2) is 10.4. The number of nitrogens with zero attached hydrogens (tertiary/aromatic N) is 1. The monoisotopic (exact) mass is 405 g/mol. The zero-order chi connectivity index (χ0) is 19.8. The van der Waals surface area contributed by atoms with Gasteiger partial charge in [-0.05, 0) is 50.6 Å². The van der Waals surface area contributed by atoms with Crippen molar-refractivity contribution in [2.75, 3.05) is 20.2 Å². The zero-order valence-electron chi connectivity index (χ0n) is 15.5. The first kappa shape index (κ1) is 21.4. The lowest BCUT2D eigenvalue weighted by molar-refractivity contribution is -0.136. The fourth-order valence-electron chi connectivity index (χ4n) is 3.13. The molecule has 5 nitrogen and oxygen atoms in total. The van der Waals surface area contributed by atoms with Gasteiger partial charge in [0.05, 0.1) is 35.3 Å². The predicted octanol–water partition coefficient (Wildman–Crippen LogP) is 3.90. The number of benzene rings is 1. The number of dihydropyridines is 1. The molecule has 0 saturated carbocycles. The van der Waals surface area contributed by atoms with E-state index in [0.29, 0.717) is 26.9 Å². The fourth-order valence-corrected chi connectivity index (χ4v) is 3.68. The van der Waals surface area contributed by atoms with Crippen LogP contribution in [0.25, 0.3) is 0 Å². The van der Waals surface area contributed by atoms with E-state index in [9.17, 15) is 10.1 Å². The Hall–Kier alpha value is -1.94. The van der Waals surface area contributed by atoms with Gasteiger partial charge in [-0.25, -0.2) is 4.79 Å². The number of hydrogen-bond acceptors (Lipinski definition) is 6. The van der Waals surface area contributed by atoms with Crippen LogP contribution < -0.4 is 10.6 Å². The van der Waals surface area contributed by atoms with E-state index in [1.807, 2.05) is 6.07 Å². The highest BCUT2D eigenvalue weighted by molar-refractivity contribution is 7.84. The summed E-state index contributed by atoms with van der Waals surface area (Å²) in [6.07, 6.45) is 4.22. The Morgan fingerprint density at radius 3 is 2.52 bits per heavy atom. The van der Waals surface area contributed by atoms with Crippen LogP contribution in [0, 0.1) is 11.3 Å². The average Bonchev–Trinajstić information content (AvgIpc) is 2.68. The smallest absolute Gasteiger partial charge is 0.336 e. The van der Waals surface area contributed by atoms with Gasteiger partial charge in [0, 0.05) is 10.7 Å². The number of carbonyl (C=O) groups is 1. The molecule has 2 heterocycles. The third-order valence-corrected chi connectivity index (χ3v) is 5.05. The number of carbonyl (C=O) groups excluding carboxylic acids is 1. The first-order chi connectivity index (χ1) is 13.0. The molecule has 3 rings (SSSR count). The summed E-state index contributed by atoms with van der Waals surface area (Å²) in [5.74, 6) is -1.03. The van der Waals surface area contributed by atoms with E-state index in [1.54, 1.807) is 25.1 Å². The first-order valence-electron chi connectivity index (χ1n) is 8.85. The summed E-state index contributed by atoms with van der Waals surface area (Å²) in [5, 5.41) is 16.6. The Morgan fingerprint density at radius 2 is 2.04 bits per heavy atom. The van der Waals surface area contributed by atoms with Crippen molar-refractivity contribution in [3.05, 3.63) is 56.7 Å². The second-order valence-electron chi connectivity index (χ2n) is 6.33. The van der Waals surface area contributed by atoms with Crippen molar-refractivity contribution in [2.24, 2.45) is 0 Å². The van der Waals surface area contributed by atoms with Gasteiger partial charge in [-0.15, -0.1) is 12.6 Å². The van der Waals surface area contributed by atoms with Crippen LogP contribution in [-0.4, -0.2) is 26.2 Å². The molecule has 0 radical (unpaired) electrons. The van der Waals surface area contributed by atoms with E-state index in [0.717, 1.165) is 5.56 Å². The van der Waals surface area contributed by atoms with E-state index in [-0.39, 0.29) is 0 Å². The Balaban J connectivity index is 0.000000369. The summed E-state index contributed by atoms with van der Waals surface area (Å²) in [6.45, 7) is 4.24. The molecule has 0 aromatic heterocycles. The van der Waals surface area contributed by atoms with Crippen LogP contribution in [0.15, 0.2) is 46.1 Å². The van der Waals surface area contributed by atoms with Crippen molar-refractivity contribution in [3.63, 3.8) is 0 Å². The van der Waals surface area contributed by atoms with E-state index in [4.69, 9.17) is 16.3 Å². The molecule has 0 aliphatic carbocycles. The Morgan fingerprint density at radius 1 is 1.33 bits per heavy atom. The van der Waals surface area contributed by atoms with Crippen molar-refractivity contribution in [1.29, 1.82) is 5.26 Å². The molecule has 27 heavy (non-hydrogen) atoms. The number of thiol groups is 1. The number of rotatable bonds is 2. The van der Waals surface area contributed by atoms with Gasteiger partial charge in [-0.3, -0.25) is 0 Å². The molecule has 1 saturated heterocycles. The lowest BCUT2D eigenvalue weighted by Crippen LogP contribution is -2.27. The third-order valence-electron chi connectivity index (χ3n) is 4.46. The molecule has 1 atom stereocenters. The van der Waals surface area contributed by atoms with Crippen molar-refractivity contribution in [2.45, 2.75) is 32.1 Å². The highest BCUT2D eigenvalue weighted by Crippen LogP contribution is 2.39. The molecule has 0 bridgehead atoms. The molecule has 1 aromatic carbocycles. The van der Waals surface area contributed by atoms with Gasteiger partial charge in [0.2, 0.25) is 0 Å². The lowest BCUT2D eigenvalue weighted by atomic mass is 9.82. The van der Waals surface area contributed by atoms with E-state index in [2.05, 4.69) is 29.3 Å². The van der Waals surface area contributed by atoms with Crippen LogP contribution in [-0.2, 0) is 9.53 Å². The molecular formula is C20H24ClN3O2S. The summed E-state index contributed by atoms with van der Waals surface area (Å²) in [4.78, 5) is 12.1. The van der Waals surface area contributed by atoms with Gasteiger partial charge in [0.15, 0.2) is 0 Å². The molecule has 1 aromatic rings. The normalized spacial score (nSPS) is 19.4. The molecule has 2 N–H and O–H groups in total. The summed E-state index contributed by atoms with van der Waals surface area (Å²) in [7, 11) is 1.31. The zero-order valence-corrected chi connectivity index (χ0v) is 17.2. The van der Waals surface area contributed by atoms with Gasteiger partial charge in [0.1, 0.15) is 0 Å². The van der Waals surface area contributed by atoms with E-state index < -0.39 is 11.9 Å². The minimum absolute atomic E-state index is 0.353. The van der Waals surface area contributed by atoms with Crippen LogP contribution in [0.5, 0.6) is 0 Å². The summed E-state index contributed by atoms with van der Waals surface area (Å²) in [5.41, 5.74) is 2.09. The lowest BCUT2D eigenvalue weighted by Gasteiger charge is -2.27. The molecule has 0 amide bonds. The van der Waals surface area contributed by atoms with Crippen LogP contribution in [0.2, 0.25) is 5.02 Å². The van der Waals surface area contributed by atoms with Crippen LogP contribution >= 0.6 is 24.2 Å². The number of piperidine rings is 1. The Bertz CT molecular complexity index is 783. The molecule has 2 aliphatic heterocycles. The van der Waals surface area contributed by atoms with Crippen LogP contribution in [0.4, 0.5) is 0 Å². The number of nitrogens with one attached hydrogen (secondary N) is 2. The molecule has 2 aliphatic rings. The van der Waals surface area contributed by atoms with Crippen molar-refractivity contribution < 1.29 is 9.53 Å². The number of nitriles is 1. The predicted molar refractivity (Wildman–Crippen MR) is 110 cm³/mol. The average molecular weight is 406 g/mol.